The van der Waals surface area contributed by atoms with Crippen molar-refractivity contribution in [3.05, 3.63) is 66.2 Å². The maximum Gasteiger partial charge on any atom is 0.304 e. The molecule has 2 rings (SSSR count). The van der Waals surface area contributed by atoms with E-state index in [9.17, 15) is 4.79 Å². The fourth-order valence-corrected chi connectivity index (χ4v) is 4.73. The minimum atomic E-state index is -2.22. The van der Waals surface area contributed by atoms with Gasteiger partial charge in [0.05, 0.1) is 6.42 Å². The first-order valence-corrected chi connectivity index (χ1v) is 9.82. The molecule has 0 aliphatic rings. The van der Waals surface area contributed by atoms with Gasteiger partial charge in [-0.3, -0.25) is 15.0 Å². The zero-order valence-corrected chi connectivity index (χ0v) is 13.8. The van der Waals surface area contributed by atoms with Gasteiger partial charge in [0.2, 0.25) is 0 Å². The van der Waals surface area contributed by atoms with Crippen LogP contribution in [0, 0.1) is 0 Å². The van der Waals surface area contributed by atoms with Crippen LogP contribution in [0.1, 0.15) is 12.0 Å². The highest BCUT2D eigenvalue weighted by Crippen LogP contribution is 2.35. The molecule has 22 heavy (non-hydrogen) atoms. The largest absolute Gasteiger partial charge is 0.481 e. The lowest BCUT2D eigenvalue weighted by molar-refractivity contribution is -0.136. The van der Waals surface area contributed by atoms with E-state index in [4.69, 9.17) is 16.9 Å². The van der Waals surface area contributed by atoms with Gasteiger partial charge in [-0.2, -0.15) is 0 Å². The first kappa shape index (κ1) is 16.8. The van der Waals surface area contributed by atoms with Crippen LogP contribution < -0.4 is 15.5 Å². The zero-order chi connectivity index (χ0) is 15.8. The molecule has 0 saturated carbocycles. The lowest BCUT2D eigenvalue weighted by Crippen LogP contribution is -2.30. The summed E-state index contributed by atoms with van der Waals surface area (Å²) in [5, 5.41) is 16.5. The molecule has 0 fully saturated rings. The van der Waals surface area contributed by atoms with Gasteiger partial charge in [-0.25, -0.2) is 0 Å². The van der Waals surface area contributed by atoms with Gasteiger partial charge in [-0.05, 0) is 5.56 Å². The number of carboxylic acids is 1. The average Bonchev–Trinajstić information content (AvgIpc) is 2.54. The molecule has 116 valence electrons. The van der Waals surface area contributed by atoms with Crippen molar-refractivity contribution in [2.45, 2.75) is 13.0 Å². The molecule has 0 amide bonds. The predicted molar refractivity (Wildman–Crippen MR) is 93.9 cm³/mol. The molecular formula is C16H19N2O2PS. The maximum atomic E-state index is 10.7. The minimum Gasteiger partial charge on any atom is -0.481 e. The number of benzene rings is 2. The Balaban J connectivity index is 2.11. The van der Waals surface area contributed by atoms with Crippen LogP contribution in [0.4, 0.5) is 0 Å². The molecule has 6 heteroatoms. The van der Waals surface area contributed by atoms with Crippen LogP contribution >= 0.6 is 6.34 Å². The van der Waals surface area contributed by atoms with Crippen molar-refractivity contribution in [3.63, 3.8) is 0 Å². The monoisotopic (exact) mass is 334 g/mol. The molecule has 2 aromatic carbocycles. The van der Waals surface area contributed by atoms with Crippen molar-refractivity contribution in [2.75, 3.05) is 6.54 Å². The first-order valence-electron chi connectivity index (χ1n) is 7.02. The number of carboxylic acid groups (broad SMARTS) is 1. The number of nitrogens with one attached hydrogen (secondary N) is 2. The van der Waals surface area contributed by atoms with E-state index in [2.05, 4.69) is 10.2 Å². The van der Waals surface area contributed by atoms with Crippen LogP contribution in [0.5, 0.6) is 0 Å². The Kier molecular flexibility index (Phi) is 6.28. The van der Waals surface area contributed by atoms with Gasteiger partial charge >= 0.3 is 5.97 Å². The summed E-state index contributed by atoms with van der Waals surface area (Å²) in [5.41, 5.74) is 1.15. The SMILES string of the molecule is O=C(O)CCNP(=S)(NCc1ccccc1)c1ccccc1. The first-order chi connectivity index (χ1) is 10.6. The number of carbonyl (C=O) groups is 1. The summed E-state index contributed by atoms with van der Waals surface area (Å²) in [6, 6.07) is 19.8. The third-order valence-electron chi connectivity index (χ3n) is 3.14. The summed E-state index contributed by atoms with van der Waals surface area (Å²) in [6.07, 6.45) is -2.17. The highest BCUT2D eigenvalue weighted by atomic mass is 32.4. The zero-order valence-electron chi connectivity index (χ0n) is 12.1. The van der Waals surface area contributed by atoms with Crippen molar-refractivity contribution in [2.24, 2.45) is 0 Å². The van der Waals surface area contributed by atoms with Crippen molar-refractivity contribution >= 4 is 29.4 Å². The van der Waals surface area contributed by atoms with E-state index in [1.54, 1.807) is 0 Å². The van der Waals surface area contributed by atoms with E-state index >= 15 is 0 Å². The summed E-state index contributed by atoms with van der Waals surface area (Å²) in [6.45, 7) is 0.996. The van der Waals surface area contributed by atoms with Gasteiger partial charge < -0.3 is 5.11 Å². The number of aliphatic carboxylic acids is 1. The summed E-state index contributed by atoms with van der Waals surface area (Å²) < 4.78 is 0. The van der Waals surface area contributed by atoms with E-state index in [0.29, 0.717) is 13.1 Å². The number of hydrogen-bond donors (Lipinski definition) is 3. The summed E-state index contributed by atoms with van der Waals surface area (Å²) in [7, 11) is 0. The third-order valence-corrected chi connectivity index (χ3v) is 6.85. The Morgan fingerprint density at radius 1 is 1.00 bits per heavy atom. The van der Waals surface area contributed by atoms with E-state index in [1.807, 2.05) is 60.7 Å². The second-order valence-electron chi connectivity index (χ2n) is 4.82. The Morgan fingerprint density at radius 3 is 2.18 bits per heavy atom. The molecule has 2 aromatic rings. The van der Waals surface area contributed by atoms with E-state index in [0.717, 1.165) is 10.9 Å². The van der Waals surface area contributed by atoms with E-state index in [1.165, 1.54) is 0 Å². The lowest BCUT2D eigenvalue weighted by atomic mass is 10.2. The molecule has 0 bridgehead atoms. The van der Waals surface area contributed by atoms with Gasteiger partial charge in [0.15, 0.2) is 0 Å². The molecule has 1 unspecified atom stereocenters. The minimum absolute atomic E-state index is 0.0538. The van der Waals surface area contributed by atoms with Crippen LogP contribution in [0.15, 0.2) is 60.7 Å². The summed E-state index contributed by atoms with van der Waals surface area (Å²) in [4.78, 5) is 10.7. The van der Waals surface area contributed by atoms with Crippen LogP contribution in [0.3, 0.4) is 0 Å². The van der Waals surface area contributed by atoms with Crippen LogP contribution in [0.25, 0.3) is 0 Å². The molecule has 0 aliphatic heterocycles. The van der Waals surface area contributed by atoms with Crippen molar-refractivity contribution in [1.29, 1.82) is 0 Å². The van der Waals surface area contributed by atoms with Crippen molar-refractivity contribution < 1.29 is 9.90 Å². The maximum absolute atomic E-state index is 10.7. The molecule has 0 heterocycles. The van der Waals surface area contributed by atoms with Gasteiger partial charge in [0.25, 0.3) is 0 Å². The fourth-order valence-electron chi connectivity index (χ4n) is 2.00. The van der Waals surface area contributed by atoms with Gasteiger partial charge in [-0.1, -0.05) is 72.5 Å². The van der Waals surface area contributed by atoms with Crippen LogP contribution in [0.2, 0.25) is 0 Å². The van der Waals surface area contributed by atoms with Crippen molar-refractivity contribution in [1.82, 2.24) is 10.2 Å². The van der Waals surface area contributed by atoms with Crippen LogP contribution in [-0.4, -0.2) is 17.6 Å². The summed E-state index contributed by atoms with van der Waals surface area (Å²) in [5.74, 6) is -0.829. The Bertz CT molecular complexity index is 650. The number of rotatable bonds is 8. The fraction of sp³-hybridized carbons (Fsp3) is 0.188. The second kappa shape index (κ2) is 8.20. The smallest absolute Gasteiger partial charge is 0.304 e. The topological polar surface area (TPSA) is 61.4 Å². The van der Waals surface area contributed by atoms with E-state index < -0.39 is 12.3 Å². The van der Waals surface area contributed by atoms with Gasteiger partial charge in [0.1, 0.15) is 6.34 Å². The summed E-state index contributed by atoms with van der Waals surface area (Å²) >= 11 is 5.82. The molecule has 3 N–H and O–H groups in total. The van der Waals surface area contributed by atoms with Gasteiger partial charge in [0, 0.05) is 18.4 Å². The molecule has 1 atom stereocenters. The highest BCUT2D eigenvalue weighted by Gasteiger charge is 2.18. The molecule has 0 spiro atoms. The molecule has 0 aliphatic carbocycles. The molecule has 0 saturated heterocycles. The Hall–Kier alpha value is -1.52. The lowest BCUT2D eigenvalue weighted by Gasteiger charge is -2.25. The van der Waals surface area contributed by atoms with Crippen LogP contribution in [-0.2, 0) is 23.1 Å². The van der Waals surface area contributed by atoms with Crippen molar-refractivity contribution in [3.8, 4) is 0 Å². The Labute approximate surface area is 135 Å². The Morgan fingerprint density at radius 2 is 1.59 bits per heavy atom. The predicted octanol–water partition coefficient (Wildman–Crippen LogP) is 2.48. The third kappa shape index (κ3) is 5.04. The standard InChI is InChI=1S/C16H19N2O2PS/c19-16(20)11-12-17-21(22,15-9-5-2-6-10-15)18-13-14-7-3-1-4-8-14/h1-10H,11-13H2,(H,19,20)(H2,17,18,22). The molecule has 0 radical (unpaired) electrons. The number of hydrogen-bond acceptors (Lipinski definition) is 2. The average molecular weight is 334 g/mol. The normalized spacial score (nSPS) is 13.5. The highest BCUT2D eigenvalue weighted by molar-refractivity contribution is 8.16. The van der Waals surface area contributed by atoms with Gasteiger partial charge in [-0.15, -0.1) is 0 Å². The molecule has 4 nitrogen and oxygen atoms in total. The molecule has 0 aromatic heterocycles. The van der Waals surface area contributed by atoms with E-state index in [-0.39, 0.29) is 6.42 Å². The quantitative estimate of drug-likeness (QED) is 0.648. The second-order valence-corrected chi connectivity index (χ2v) is 8.83. The molecular weight excluding hydrogens is 315 g/mol.